The largest absolute Gasteiger partial charge is 0.245 e. The van der Waals surface area contributed by atoms with E-state index in [1.807, 2.05) is 0 Å². The third-order valence-electron chi connectivity index (χ3n) is 0. The van der Waals surface area contributed by atoms with E-state index in [9.17, 15) is 0 Å². The van der Waals surface area contributed by atoms with Gasteiger partial charge in [-0.25, -0.2) is 19.6 Å². The molecule has 0 saturated heterocycles. The molecule has 0 atom stereocenters. The maximum Gasteiger partial charge on any atom is 0 e. The Balaban J connectivity index is -0.0000000200. The molecule has 28 valence electrons. The van der Waals surface area contributed by atoms with Crippen molar-refractivity contribution >= 4 is 12.4 Å². The Bertz CT molecular complexity index is 14.4. The minimum absolute atomic E-state index is 0. The van der Waals surface area contributed by atoms with Gasteiger partial charge in [0.2, 0.25) is 0 Å². The molecule has 0 aromatic heterocycles. The summed E-state index contributed by atoms with van der Waals surface area (Å²) >= 11 is 0. The summed E-state index contributed by atoms with van der Waals surface area (Å²) in [6.07, 6.45) is 1.50. The van der Waals surface area contributed by atoms with E-state index in [0.717, 1.165) is 0 Å². The fourth-order valence-electron chi connectivity index (χ4n) is 0. The first-order valence-corrected chi connectivity index (χ1v) is 0.816. The van der Waals surface area contributed by atoms with Crippen LogP contribution in [0, 0.1) is 6.92 Å². The van der Waals surface area contributed by atoms with Crippen LogP contribution < -0.4 is 0 Å². The van der Waals surface area contributed by atoms with Crippen molar-refractivity contribution in [2.75, 3.05) is 0 Å². The van der Waals surface area contributed by atoms with Crippen molar-refractivity contribution in [2.24, 2.45) is 0 Å². The second-order valence-corrected chi connectivity index (χ2v) is 0.289. The third kappa shape index (κ3) is 105. The molecule has 5 heavy (non-hydrogen) atoms. The molecule has 0 aliphatic carbocycles. The molecule has 0 fully saturated rings. The van der Waals surface area contributed by atoms with Crippen molar-refractivity contribution in [3.63, 3.8) is 0 Å². The van der Waals surface area contributed by atoms with Crippen LogP contribution in [-0.2, 0) is 19.5 Å². The van der Waals surface area contributed by atoms with E-state index in [2.05, 4.69) is 13.5 Å². The van der Waals surface area contributed by atoms with E-state index >= 15 is 0 Å². The number of hydrogen-bond acceptors (Lipinski definition) is 0. The van der Waals surface area contributed by atoms with Crippen LogP contribution in [-0.4, -0.2) is 0 Å². The Morgan fingerprint density at radius 1 is 1.60 bits per heavy atom. The molecule has 0 nitrogen and oxygen atoms in total. The summed E-state index contributed by atoms with van der Waals surface area (Å²) in [5, 5.41) is 0. The van der Waals surface area contributed by atoms with Crippen LogP contribution in [0.5, 0.6) is 0 Å². The fourth-order valence-corrected chi connectivity index (χ4v) is 0. The predicted molar refractivity (Wildman–Crippen MR) is 22.8 cm³/mol. The molecule has 0 saturated carbocycles. The Morgan fingerprint density at radius 2 is 1.60 bits per heavy atom. The van der Waals surface area contributed by atoms with Gasteiger partial charge in [-0.2, -0.15) is 0 Å². The number of allylic oxidation sites excluding steroid dienone is 1. The van der Waals surface area contributed by atoms with Crippen molar-refractivity contribution in [3.8, 4) is 0 Å². The Morgan fingerprint density at radius 3 is 1.60 bits per heavy atom. The molecule has 2 heteroatoms. The van der Waals surface area contributed by atoms with Gasteiger partial charge in [0.25, 0.3) is 0 Å². The zero-order chi connectivity index (χ0) is 2.71. The van der Waals surface area contributed by atoms with Crippen LogP contribution in [0.2, 0.25) is 0 Å². The Labute approximate surface area is 51.8 Å². The zero-order valence-electron chi connectivity index (χ0n) is 3.11. The molecule has 0 spiro atoms. The molecular formula is C3H6ClZn-. The van der Waals surface area contributed by atoms with Gasteiger partial charge in [0.15, 0.2) is 0 Å². The average Bonchev–Trinajstić information content (AvgIpc) is 0.918. The van der Waals surface area contributed by atoms with E-state index in [1.165, 1.54) is 6.08 Å². The quantitative estimate of drug-likeness (QED) is 0.355. The van der Waals surface area contributed by atoms with Crippen LogP contribution in [0.1, 0.15) is 0 Å². The van der Waals surface area contributed by atoms with Crippen LogP contribution >= 0.6 is 12.4 Å². The maximum absolute atomic E-state index is 3.25. The van der Waals surface area contributed by atoms with Crippen molar-refractivity contribution in [1.82, 2.24) is 0 Å². The summed E-state index contributed by atoms with van der Waals surface area (Å²) in [5.74, 6) is 0. The second kappa shape index (κ2) is 24.2. The minimum Gasteiger partial charge on any atom is -0.245 e. The second-order valence-electron chi connectivity index (χ2n) is 0.289. The van der Waals surface area contributed by atoms with Gasteiger partial charge >= 0.3 is 0 Å². The molecule has 0 aromatic carbocycles. The SMILES string of the molecule is C=C[CH2-].Cl.[Zn]. The van der Waals surface area contributed by atoms with E-state index < -0.39 is 0 Å². The zero-order valence-corrected chi connectivity index (χ0v) is 6.89. The molecule has 0 heterocycles. The van der Waals surface area contributed by atoms with Gasteiger partial charge in [0.1, 0.15) is 0 Å². The van der Waals surface area contributed by atoms with Gasteiger partial charge in [-0.05, 0) is 0 Å². The van der Waals surface area contributed by atoms with Gasteiger partial charge in [0.05, 0.1) is 0 Å². The third-order valence-corrected chi connectivity index (χ3v) is 0. The first-order valence-electron chi connectivity index (χ1n) is 0.816. The molecule has 0 aliphatic heterocycles. The normalized spacial score (nSPS) is 2.40. The summed E-state index contributed by atoms with van der Waals surface area (Å²) in [6, 6.07) is 0. The molecule has 0 rings (SSSR count). The summed E-state index contributed by atoms with van der Waals surface area (Å²) in [7, 11) is 0. The number of rotatable bonds is 0. The van der Waals surface area contributed by atoms with Gasteiger partial charge in [-0.1, -0.05) is 0 Å². The van der Waals surface area contributed by atoms with Gasteiger partial charge in [-0.15, -0.1) is 12.4 Å². The van der Waals surface area contributed by atoms with Gasteiger partial charge in [-0.3, -0.25) is 0 Å². The van der Waals surface area contributed by atoms with E-state index in [1.54, 1.807) is 0 Å². The first-order chi connectivity index (χ1) is 1.41. The topological polar surface area (TPSA) is 0 Å². The van der Waals surface area contributed by atoms with E-state index in [-0.39, 0.29) is 31.9 Å². The smallest absolute Gasteiger partial charge is 0 e. The summed E-state index contributed by atoms with van der Waals surface area (Å²) in [6.45, 7) is 6.50. The Hall–Kier alpha value is 0.523. The maximum atomic E-state index is 3.25. The van der Waals surface area contributed by atoms with Crippen molar-refractivity contribution < 1.29 is 19.5 Å². The first kappa shape index (κ1) is 17.7. The minimum atomic E-state index is 0. The van der Waals surface area contributed by atoms with Crippen molar-refractivity contribution in [1.29, 1.82) is 0 Å². The molecular weight excluding hydrogens is 137 g/mol. The van der Waals surface area contributed by atoms with Crippen molar-refractivity contribution in [2.45, 2.75) is 0 Å². The van der Waals surface area contributed by atoms with E-state index in [0.29, 0.717) is 0 Å². The van der Waals surface area contributed by atoms with Crippen LogP contribution in [0.15, 0.2) is 12.7 Å². The molecule has 0 N–H and O–H groups in total. The van der Waals surface area contributed by atoms with Gasteiger partial charge in [0, 0.05) is 19.5 Å². The average molecular weight is 143 g/mol. The predicted octanol–water partition coefficient (Wildman–Crippen LogP) is 1.43. The standard InChI is InChI=1S/C3H5.ClH.Zn/c1-3-2;;/h3H,1-2H2;1H;/q-1;;. The molecule has 0 bridgehead atoms. The van der Waals surface area contributed by atoms with Crippen LogP contribution in [0.4, 0.5) is 0 Å². The fraction of sp³-hybridized carbons (Fsp3) is 0. The van der Waals surface area contributed by atoms with Crippen LogP contribution in [0.25, 0.3) is 0 Å². The Kier molecular flexibility index (Phi) is 85.9. The number of hydrogen-bond donors (Lipinski definition) is 0. The van der Waals surface area contributed by atoms with Crippen molar-refractivity contribution in [3.05, 3.63) is 19.6 Å². The molecule has 0 amide bonds. The summed E-state index contributed by atoms with van der Waals surface area (Å²) in [4.78, 5) is 0. The monoisotopic (exact) mass is 141 g/mol. The molecule has 0 unspecified atom stereocenters. The molecule has 0 radical (unpaired) electrons. The summed E-state index contributed by atoms with van der Waals surface area (Å²) in [5.41, 5.74) is 0. The molecule has 0 aliphatic rings. The summed E-state index contributed by atoms with van der Waals surface area (Å²) < 4.78 is 0. The van der Waals surface area contributed by atoms with E-state index in [4.69, 9.17) is 0 Å². The van der Waals surface area contributed by atoms with Crippen LogP contribution in [0.3, 0.4) is 0 Å². The number of halogens is 1. The van der Waals surface area contributed by atoms with Gasteiger partial charge < -0.3 is 0 Å². The molecule has 0 aromatic rings.